The Morgan fingerprint density at radius 1 is 0.857 bits per heavy atom. The SMILES string of the molecule is Cc1ccc(CN2CCC(C3=Nc4ccc(C(=O)N5CCN(Cc6ccc(C(F)(F)F)cc6)CC5)cc4C3)CC2)cn1. The van der Waals surface area contributed by atoms with Crippen LogP contribution in [-0.2, 0) is 25.7 Å². The molecule has 2 saturated heterocycles. The highest BCUT2D eigenvalue weighted by Crippen LogP contribution is 2.33. The van der Waals surface area contributed by atoms with Gasteiger partial charge in [-0.05, 0) is 85.9 Å². The number of aliphatic imine (C=N–C) groups is 1. The third-order valence-corrected chi connectivity index (χ3v) is 8.75. The van der Waals surface area contributed by atoms with Crippen molar-refractivity contribution in [3.8, 4) is 0 Å². The number of amides is 1. The molecule has 0 unspecified atom stereocenters. The molecule has 4 heterocycles. The number of piperazine rings is 1. The molecule has 0 radical (unpaired) electrons. The summed E-state index contributed by atoms with van der Waals surface area (Å²) < 4.78 is 38.5. The standard InChI is InChI=1S/C33H36F3N5O/c1-23-2-3-25(20-37-23)22-39-12-10-26(11-13-39)31-19-28-18-27(6-9-30(28)38-31)32(42)41-16-14-40(15-17-41)21-24-4-7-29(8-5-24)33(34,35)36/h2-9,18,20,26H,10-17,19,21-22H2,1H3. The normalized spacial score (nSPS) is 18.7. The van der Waals surface area contributed by atoms with Gasteiger partial charge < -0.3 is 4.90 Å². The Bertz CT molecular complexity index is 1440. The molecule has 3 aromatic rings. The van der Waals surface area contributed by atoms with Crippen LogP contribution in [0, 0.1) is 12.8 Å². The van der Waals surface area contributed by atoms with Gasteiger partial charge in [0.15, 0.2) is 0 Å². The molecule has 0 aliphatic carbocycles. The summed E-state index contributed by atoms with van der Waals surface area (Å²) in [5, 5.41) is 0. The minimum atomic E-state index is -4.33. The third kappa shape index (κ3) is 6.57. The van der Waals surface area contributed by atoms with Gasteiger partial charge in [-0.1, -0.05) is 18.2 Å². The van der Waals surface area contributed by atoms with Crippen LogP contribution in [0.4, 0.5) is 18.9 Å². The fraction of sp³-hybridized carbons (Fsp3) is 0.424. The van der Waals surface area contributed by atoms with E-state index in [1.165, 1.54) is 23.4 Å². The Hall–Kier alpha value is -3.56. The van der Waals surface area contributed by atoms with Gasteiger partial charge >= 0.3 is 6.18 Å². The topological polar surface area (TPSA) is 52.0 Å². The lowest BCUT2D eigenvalue weighted by Crippen LogP contribution is -2.48. The first-order chi connectivity index (χ1) is 20.2. The molecule has 6 rings (SSSR count). The largest absolute Gasteiger partial charge is 0.416 e. The third-order valence-electron chi connectivity index (χ3n) is 8.75. The van der Waals surface area contributed by atoms with Crippen LogP contribution in [0.3, 0.4) is 0 Å². The molecule has 0 atom stereocenters. The van der Waals surface area contributed by atoms with Crippen LogP contribution in [0.2, 0.25) is 0 Å². The number of rotatable bonds is 6. The zero-order chi connectivity index (χ0) is 29.3. The van der Waals surface area contributed by atoms with Gasteiger partial charge in [-0.25, -0.2) is 0 Å². The molecule has 0 N–H and O–H groups in total. The molecule has 9 heteroatoms. The maximum atomic E-state index is 13.3. The molecule has 6 nitrogen and oxygen atoms in total. The number of fused-ring (bicyclic) bond motifs is 1. The van der Waals surface area contributed by atoms with Crippen molar-refractivity contribution >= 4 is 17.3 Å². The minimum Gasteiger partial charge on any atom is -0.336 e. The average molecular weight is 576 g/mol. The molecule has 220 valence electrons. The van der Waals surface area contributed by atoms with E-state index in [2.05, 4.69) is 26.9 Å². The van der Waals surface area contributed by atoms with Crippen molar-refractivity contribution in [1.82, 2.24) is 19.7 Å². The summed E-state index contributed by atoms with van der Waals surface area (Å²) in [5.41, 5.74) is 6.55. The quantitative estimate of drug-likeness (QED) is 0.367. The second-order valence-corrected chi connectivity index (χ2v) is 11.7. The van der Waals surface area contributed by atoms with Crippen LogP contribution in [0.1, 0.15) is 51.1 Å². The number of carbonyl (C=O) groups is 1. The second-order valence-electron chi connectivity index (χ2n) is 11.7. The Kier molecular flexibility index (Phi) is 8.14. The number of hydrogen-bond acceptors (Lipinski definition) is 5. The van der Waals surface area contributed by atoms with Gasteiger partial charge in [-0.2, -0.15) is 13.2 Å². The predicted octanol–water partition coefficient (Wildman–Crippen LogP) is 5.91. The lowest BCUT2D eigenvalue weighted by Gasteiger charge is -2.35. The molecule has 3 aliphatic heterocycles. The zero-order valence-electron chi connectivity index (χ0n) is 23.9. The number of aromatic nitrogens is 1. The number of aryl methyl sites for hydroxylation is 1. The van der Waals surface area contributed by atoms with Gasteiger partial charge in [-0.15, -0.1) is 0 Å². The van der Waals surface area contributed by atoms with E-state index in [0.717, 1.165) is 73.5 Å². The van der Waals surface area contributed by atoms with E-state index >= 15 is 0 Å². The van der Waals surface area contributed by atoms with Crippen LogP contribution in [0.5, 0.6) is 0 Å². The molecule has 0 bridgehead atoms. The smallest absolute Gasteiger partial charge is 0.336 e. The van der Waals surface area contributed by atoms with Crippen molar-refractivity contribution < 1.29 is 18.0 Å². The highest BCUT2D eigenvalue weighted by Gasteiger charge is 2.31. The first-order valence-corrected chi connectivity index (χ1v) is 14.7. The van der Waals surface area contributed by atoms with Crippen LogP contribution >= 0.6 is 0 Å². The number of carbonyl (C=O) groups excluding carboxylic acids is 1. The van der Waals surface area contributed by atoms with Crippen molar-refractivity contribution in [3.05, 3.63) is 94.3 Å². The maximum absolute atomic E-state index is 13.3. The molecular weight excluding hydrogens is 539 g/mol. The number of benzene rings is 2. The predicted molar refractivity (Wildman–Crippen MR) is 157 cm³/mol. The molecule has 0 saturated carbocycles. The summed E-state index contributed by atoms with van der Waals surface area (Å²) in [6.07, 6.45) is 0.641. The molecule has 0 spiro atoms. The van der Waals surface area contributed by atoms with Crippen molar-refractivity contribution in [2.45, 2.75) is 45.5 Å². The fourth-order valence-electron chi connectivity index (χ4n) is 6.22. The molecular formula is C33H36F3N5O. The van der Waals surface area contributed by atoms with Gasteiger partial charge in [0.25, 0.3) is 5.91 Å². The number of alkyl halides is 3. The van der Waals surface area contributed by atoms with E-state index in [-0.39, 0.29) is 5.91 Å². The van der Waals surface area contributed by atoms with Gasteiger partial charge in [0, 0.05) is 74.8 Å². The molecule has 42 heavy (non-hydrogen) atoms. The summed E-state index contributed by atoms with van der Waals surface area (Å²) in [6, 6.07) is 15.4. The van der Waals surface area contributed by atoms with Gasteiger partial charge in [0.1, 0.15) is 0 Å². The fourth-order valence-corrected chi connectivity index (χ4v) is 6.22. The molecule has 2 aromatic carbocycles. The first-order valence-electron chi connectivity index (χ1n) is 14.7. The van der Waals surface area contributed by atoms with E-state index in [1.54, 1.807) is 0 Å². The van der Waals surface area contributed by atoms with E-state index in [1.807, 2.05) is 36.2 Å². The molecule has 1 aromatic heterocycles. The van der Waals surface area contributed by atoms with Crippen molar-refractivity contribution in [1.29, 1.82) is 0 Å². The van der Waals surface area contributed by atoms with Crippen LogP contribution in [-0.4, -0.2) is 70.6 Å². The van der Waals surface area contributed by atoms with Gasteiger partial charge in [0.05, 0.1) is 11.3 Å². The molecule has 3 aliphatic rings. The van der Waals surface area contributed by atoms with Crippen molar-refractivity contribution in [3.63, 3.8) is 0 Å². The number of piperidine rings is 1. The average Bonchev–Trinajstić information content (AvgIpc) is 3.42. The monoisotopic (exact) mass is 575 g/mol. The van der Waals surface area contributed by atoms with E-state index in [9.17, 15) is 18.0 Å². The summed E-state index contributed by atoms with van der Waals surface area (Å²) in [4.78, 5) is 29.3. The van der Waals surface area contributed by atoms with Crippen LogP contribution in [0.25, 0.3) is 0 Å². The van der Waals surface area contributed by atoms with Gasteiger partial charge in [0.2, 0.25) is 0 Å². The maximum Gasteiger partial charge on any atom is 0.416 e. The summed E-state index contributed by atoms with van der Waals surface area (Å²) in [7, 11) is 0. The first kappa shape index (κ1) is 28.6. The molecule has 2 fully saturated rings. The highest BCUT2D eigenvalue weighted by molar-refractivity contribution is 5.99. The Labute approximate surface area is 244 Å². The second kappa shape index (κ2) is 12.0. The summed E-state index contributed by atoms with van der Waals surface area (Å²) >= 11 is 0. The number of hydrogen-bond donors (Lipinski definition) is 0. The summed E-state index contributed by atoms with van der Waals surface area (Å²) in [5.74, 6) is 0.501. The van der Waals surface area contributed by atoms with Crippen molar-refractivity contribution in [2.24, 2.45) is 10.9 Å². The number of likely N-dealkylation sites (tertiary alicyclic amines) is 1. The van der Waals surface area contributed by atoms with Crippen LogP contribution < -0.4 is 0 Å². The lowest BCUT2D eigenvalue weighted by molar-refractivity contribution is -0.137. The Morgan fingerprint density at radius 3 is 2.19 bits per heavy atom. The highest BCUT2D eigenvalue weighted by atomic mass is 19.4. The van der Waals surface area contributed by atoms with Crippen LogP contribution in [0.15, 0.2) is 65.8 Å². The molecule has 1 amide bonds. The van der Waals surface area contributed by atoms with Crippen molar-refractivity contribution in [2.75, 3.05) is 39.3 Å². The number of nitrogens with zero attached hydrogens (tertiary/aromatic N) is 5. The number of pyridine rings is 1. The number of halogens is 3. The van der Waals surface area contributed by atoms with E-state index < -0.39 is 11.7 Å². The minimum absolute atomic E-state index is 0.0272. The van der Waals surface area contributed by atoms with Gasteiger partial charge in [-0.3, -0.25) is 24.6 Å². The van der Waals surface area contributed by atoms with E-state index in [0.29, 0.717) is 44.2 Å². The Balaban J connectivity index is 0.980. The lowest BCUT2D eigenvalue weighted by atomic mass is 9.89. The Morgan fingerprint density at radius 2 is 1.52 bits per heavy atom. The van der Waals surface area contributed by atoms with E-state index in [4.69, 9.17) is 4.99 Å². The summed E-state index contributed by atoms with van der Waals surface area (Å²) in [6.45, 7) is 8.15. The zero-order valence-corrected chi connectivity index (χ0v) is 23.9.